The lowest BCUT2D eigenvalue weighted by atomic mass is 10.3. The summed E-state index contributed by atoms with van der Waals surface area (Å²) < 4.78 is 14.6. The van der Waals surface area contributed by atoms with Crippen LogP contribution in [0.15, 0.2) is 24.4 Å². The molecule has 0 spiro atoms. The number of aromatic nitrogens is 3. The van der Waals surface area contributed by atoms with Gasteiger partial charge in [0.2, 0.25) is 5.91 Å². The summed E-state index contributed by atoms with van der Waals surface area (Å²) in [4.78, 5) is 22.3. The minimum Gasteiger partial charge on any atom is -0.476 e. The van der Waals surface area contributed by atoms with Crippen molar-refractivity contribution in [1.82, 2.24) is 15.0 Å². The highest BCUT2D eigenvalue weighted by Gasteiger charge is 2.13. The molecule has 0 saturated carbocycles. The van der Waals surface area contributed by atoms with Gasteiger partial charge in [0.25, 0.3) is 0 Å². The molecule has 0 unspecified atom stereocenters. The van der Waals surface area contributed by atoms with Gasteiger partial charge in [-0.1, -0.05) is 22.9 Å². The maximum Gasteiger partial charge on any atom is 0.358 e. The molecular weight excluding hydrogens is 291 g/mol. The summed E-state index contributed by atoms with van der Waals surface area (Å²) in [6.07, 6.45) is 1.09. The molecule has 0 bridgehead atoms. The van der Waals surface area contributed by atoms with E-state index in [2.05, 4.69) is 15.6 Å². The summed E-state index contributed by atoms with van der Waals surface area (Å²) in [5.41, 5.74) is -0.354. The molecule has 1 aromatic heterocycles. The molecule has 104 valence electrons. The highest BCUT2D eigenvalue weighted by atomic mass is 35.5. The van der Waals surface area contributed by atoms with Gasteiger partial charge in [0.1, 0.15) is 6.54 Å². The number of carboxylic acids is 1. The molecule has 2 rings (SSSR count). The van der Waals surface area contributed by atoms with Crippen molar-refractivity contribution in [2.45, 2.75) is 6.54 Å². The number of nitrogens with one attached hydrogen (secondary N) is 1. The van der Waals surface area contributed by atoms with E-state index in [9.17, 15) is 14.0 Å². The molecule has 0 atom stereocenters. The molecular formula is C11H8ClFN4O3. The predicted molar refractivity (Wildman–Crippen MR) is 67.0 cm³/mol. The van der Waals surface area contributed by atoms with Crippen LogP contribution in [-0.4, -0.2) is 32.0 Å². The van der Waals surface area contributed by atoms with E-state index >= 15 is 0 Å². The van der Waals surface area contributed by atoms with Gasteiger partial charge in [-0.05, 0) is 12.1 Å². The molecule has 1 aromatic carbocycles. The largest absolute Gasteiger partial charge is 0.476 e. The smallest absolute Gasteiger partial charge is 0.358 e. The van der Waals surface area contributed by atoms with Crippen LogP contribution in [0.25, 0.3) is 0 Å². The van der Waals surface area contributed by atoms with Crippen LogP contribution in [0.3, 0.4) is 0 Å². The van der Waals surface area contributed by atoms with E-state index in [1.54, 1.807) is 0 Å². The zero-order chi connectivity index (χ0) is 14.7. The van der Waals surface area contributed by atoms with Crippen LogP contribution in [0.4, 0.5) is 10.1 Å². The second-order valence-corrected chi connectivity index (χ2v) is 4.16. The van der Waals surface area contributed by atoms with Gasteiger partial charge in [0.15, 0.2) is 11.5 Å². The van der Waals surface area contributed by atoms with Gasteiger partial charge in [-0.2, -0.15) is 0 Å². The van der Waals surface area contributed by atoms with Gasteiger partial charge in [-0.3, -0.25) is 4.79 Å². The van der Waals surface area contributed by atoms with Crippen LogP contribution < -0.4 is 5.32 Å². The Balaban J connectivity index is 2.05. The number of carbonyl (C=O) groups is 2. The Hall–Kier alpha value is -2.48. The normalized spacial score (nSPS) is 10.3. The quantitative estimate of drug-likeness (QED) is 0.889. The SMILES string of the molecule is O=C(Cn1cc(C(=O)O)nn1)Nc1cccc(Cl)c1F. The maximum atomic E-state index is 13.6. The van der Waals surface area contributed by atoms with Crippen LogP contribution in [0, 0.1) is 5.82 Å². The topological polar surface area (TPSA) is 97.1 Å². The molecule has 2 aromatic rings. The van der Waals surface area contributed by atoms with Crippen molar-refractivity contribution in [2.24, 2.45) is 0 Å². The third kappa shape index (κ3) is 3.09. The first kappa shape index (κ1) is 13.9. The third-order valence-corrected chi connectivity index (χ3v) is 2.58. The first-order valence-corrected chi connectivity index (χ1v) is 5.72. The Bertz CT molecular complexity index is 673. The van der Waals surface area contributed by atoms with Gasteiger partial charge < -0.3 is 10.4 Å². The van der Waals surface area contributed by atoms with Gasteiger partial charge in [0.05, 0.1) is 16.9 Å². The van der Waals surface area contributed by atoms with E-state index in [0.717, 1.165) is 10.9 Å². The number of carbonyl (C=O) groups excluding carboxylic acids is 1. The Morgan fingerprint density at radius 1 is 1.45 bits per heavy atom. The summed E-state index contributed by atoms with van der Waals surface area (Å²) in [5.74, 6) is -2.59. The van der Waals surface area contributed by atoms with E-state index < -0.39 is 17.7 Å². The van der Waals surface area contributed by atoms with Crippen LogP contribution in [0.5, 0.6) is 0 Å². The number of carboxylic acid groups (broad SMARTS) is 1. The number of anilines is 1. The summed E-state index contributed by atoms with van der Waals surface area (Å²) in [6.45, 7) is -0.299. The van der Waals surface area contributed by atoms with Crippen molar-refractivity contribution in [3.05, 3.63) is 40.9 Å². The number of amides is 1. The van der Waals surface area contributed by atoms with Crippen molar-refractivity contribution >= 4 is 29.2 Å². The zero-order valence-corrected chi connectivity index (χ0v) is 10.6. The van der Waals surface area contributed by atoms with E-state index in [1.807, 2.05) is 0 Å². The van der Waals surface area contributed by atoms with Gasteiger partial charge in [-0.25, -0.2) is 13.9 Å². The molecule has 0 radical (unpaired) electrons. The van der Waals surface area contributed by atoms with Crippen LogP contribution >= 0.6 is 11.6 Å². The number of hydrogen-bond donors (Lipinski definition) is 2. The number of benzene rings is 1. The van der Waals surface area contributed by atoms with Crippen molar-refractivity contribution in [3.63, 3.8) is 0 Å². The van der Waals surface area contributed by atoms with E-state index in [1.165, 1.54) is 18.2 Å². The van der Waals surface area contributed by atoms with Gasteiger partial charge in [-0.15, -0.1) is 5.10 Å². The highest BCUT2D eigenvalue weighted by molar-refractivity contribution is 6.31. The second-order valence-electron chi connectivity index (χ2n) is 3.76. The molecule has 1 heterocycles. The fourth-order valence-electron chi connectivity index (χ4n) is 1.41. The van der Waals surface area contributed by atoms with E-state index in [-0.39, 0.29) is 22.9 Å². The Morgan fingerprint density at radius 3 is 2.85 bits per heavy atom. The summed E-state index contributed by atoms with van der Waals surface area (Å²) in [5, 5.41) is 17.7. The number of hydrogen-bond acceptors (Lipinski definition) is 4. The first-order valence-electron chi connectivity index (χ1n) is 5.34. The first-order chi connectivity index (χ1) is 9.47. The lowest BCUT2D eigenvalue weighted by Crippen LogP contribution is -2.19. The predicted octanol–water partition coefficient (Wildman–Crippen LogP) is 1.41. The lowest BCUT2D eigenvalue weighted by Gasteiger charge is -2.06. The molecule has 0 fully saturated rings. The van der Waals surface area contributed by atoms with Crippen LogP contribution in [0.1, 0.15) is 10.5 Å². The summed E-state index contributed by atoms with van der Waals surface area (Å²) in [7, 11) is 0. The third-order valence-electron chi connectivity index (χ3n) is 2.29. The van der Waals surface area contributed by atoms with Crippen molar-refractivity contribution in [3.8, 4) is 0 Å². The number of nitrogens with zero attached hydrogens (tertiary/aromatic N) is 3. The number of halogens is 2. The standard InChI is InChI=1S/C11H8ClFN4O3/c12-6-2-1-3-7(10(6)13)14-9(18)5-17-4-8(11(19)20)15-16-17/h1-4H,5H2,(H,14,18)(H,19,20). The molecule has 0 aliphatic rings. The molecule has 2 N–H and O–H groups in total. The van der Waals surface area contributed by atoms with Crippen LogP contribution in [0.2, 0.25) is 5.02 Å². The minimum absolute atomic E-state index is 0.0685. The van der Waals surface area contributed by atoms with Gasteiger partial charge >= 0.3 is 5.97 Å². The molecule has 0 aliphatic heterocycles. The molecule has 20 heavy (non-hydrogen) atoms. The second kappa shape index (κ2) is 5.66. The summed E-state index contributed by atoms with van der Waals surface area (Å²) >= 11 is 5.58. The van der Waals surface area contributed by atoms with Crippen molar-refractivity contribution in [2.75, 3.05) is 5.32 Å². The average molecular weight is 299 g/mol. The monoisotopic (exact) mass is 298 g/mol. The molecule has 1 amide bonds. The maximum absolute atomic E-state index is 13.6. The Kier molecular flexibility index (Phi) is 3.94. The lowest BCUT2D eigenvalue weighted by molar-refractivity contribution is -0.117. The highest BCUT2D eigenvalue weighted by Crippen LogP contribution is 2.21. The average Bonchev–Trinajstić information content (AvgIpc) is 2.83. The zero-order valence-electron chi connectivity index (χ0n) is 9.88. The molecule has 0 saturated heterocycles. The Morgan fingerprint density at radius 2 is 2.20 bits per heavy atom. The van der Waals surface area contributed by atoms with E-state index in [0.29, 0.717) is 0 Å². The molecule has 9 heteroatoms. The molecule has 0 aliphatic carbocycles. The Labute approximate surface area is 117 Å². The fourth-order valence-corrected chi connectivity index (χ4v) is 1.59. The fraction of sp³-hybridized carbons (Fsp3) is 0.0909. The van der Waals surface area contributed by atoms with Crippen molar-refractivity contribution < 1.29 is 19.1 Å². The number of rotatable bonds is 4. The van der Waals surface area contributed by atoms with Crippen molar-refractivity contribution in [1.29, 1.82) is 0 Å². The van der Waals surface area contributed by atoms with Gasteiger partial charge in [0, 0.05) is 0 Å². The minimum atomic E-state index is -1.25. The molecule has 7 nitrogen and oxygen atoms in total. The van der Waals surface area contributed by atoms with Crippen LogP contribution in [-0.2, 0) is 11.3 Å². The van der Waals surface area contributed by atoms with E-state index in [4.69, 9.17) is 16.7 Å². The number of aromatic carboxylic acids is 1. The summed E-state index contributed by atoms with van der Waals surface area (Å²) in [6, 6.07) is 4.19.